The Hall–Kier alpha value is -2.66. The molecule has 0 unspecified atom stereocenters. The van der Waals surface area contributed by atoms with Gasteiger partial charge in [-0.3, -0.25) is 4.79 Å². The summed E-state index contributed by atoms with van der Waals surface area (Å²) in [6, 6.07) is 0.470. The van der Waals surface area contributed by atoms with Crippen LogP contribution in [0.25, 0.3) is 11.5 Å². The fourth-order valence-corrected chi connectivity index (χ4v) is 3.37. The van der Waals surface area contributed by atoms with Crippen LogP contribution in [0.4, 0.5) is 13.2 Å². The predicted molar refractivity (Wildman–Crippen MR) is 85.9 cm³/mol. The minimum Gasteiger partial charge on any atom is -0.503 e. The normalized spacial score (nSPS) is 19.2. The maximum atomic E-state index is 14.0. The van der Waals surface area contributed by atoms with E-state index < -0.39 is 46.2 Å². The van der Waals surface area contributed by atoms with Crippen LogP contribution in [0, 0.1) is 17.5 Å². The highest BCUT2D eigenvalue weighted by Crippen LogP contribution is 2.32. The molecule has 150 valence electrons. The molecule has 4 rings (SSSR count). The number of phenolic OH excluding ortho intramolecular Hbond substituents is 1. The molecule has 1 aromatic carbocycles. The quantitative estimate of drug-likeness (QED) is 0.770. The molecule has 0 saturated carbocycles. The monoisotopic (exact) mass is 399 g/mol. The molecule has 28 heavy (non-hydrogen) atoms. The first-order valence-corrected chi connectivity index (χ1v) is 8.62. The van der Waals surface area contributed by atoms with Crippen molar-refractivity contribution >= 4 is 5.91 Å². The number of aromatic nitrogens is 2. The van der Waals surface area contributed by atoms with Crippen LogP contribution in [-0.2, 0) is 9.47 Å². The van der Waals surface area contributed by atoms with Gasteiger partial charge in [-0.1, -0.05) is 5.16 Å². The van der Waals surface area contributed by atoms with E-state index in [4.69, 9.17) is 14.0 Å². The number of carbonyl (C=O) groups excluding carboxylic acids is 1. The Morgan fingerprint density at radius 2 is 1.93 bits per heavy atom. The van der Waals surface area contributed by atoms with Gasteiger partial charge in [0.25, 0.3) is 17.6 Å². The zero-order valence-corrected chi connectivity index (χ0v) is 14.6. The van der Waals surface area contributed by atoms with Crippen LogP contribution in [0.1, 0.15) is 23.5 Å². The molecule has 1 N–H and O–H groups in total. The van der Waals surface area contributed by atoms with E-state index in [1.165, 1.54) is 4.90 Å². The molecule has 0 aliphatic carbocycles. The Morgan fingerprint density at radius 1 is 1.18 bits per heavy atom. The summed E-state index contributed by atoms with van der Waals surface area (Å²) in [5, 5.41) is 12.8. The van der Waals surface area contributed by atoms with Crippen LogP contribution in [0.3, 0.4) is 0 Å². The third-order valence-electron chi connectivity index (χ3n) is 4.92. The van der Waals surface area contributed by atoms with Crippen molar-refractivity contribution in [1.29, 1.82) is 0 Å². The number of phenols is 1. The number of ether oxygens (including phenoxy) is 2. The average molecular weight is 399 g/mol. The number of morpholine rings is 1. The minimum absolute atomic E-state index is 0.311. The van der Waals surface area contributed by atoms with E-state index in [0.29, 0.717) is 51.8 Å². The number of halogens is 3. The van der Waals surface area contributed by atoms with Crippen LogP contribution in [0.15, 0.2) is 10.6 Å². The summed E-state index contributed by atoms with van der Waals surface area (Å²) in [7, 11) is 0. The Labute approximate surface area is 156 Å². The Kier molecular flexibility index (Phi) is 4.71. The SMILES string of the molecule is O=C(c1noc(-c2cc(F)c(F)c(O)c2F)n1)N1CCOC2(CCOCC2)C1. The van der Waals surface area contributed by atoms with Gasteiger partial charge >= 0.3 is 0 Å². The van der Waals surface area contributed by atoms with Gasteiger partial charge in [-0.2, -0.15) is 9.37 Å². The van der Waals surface area contributed by atoms with Gasteiger partial charge in [0.2, 0.25) is 5.82 Å². The molecular weight excluding hydrogens is 383 g/mol. The number of carbonyl (C=O) groups is 1. The van der Waals surface area contributed by atoms with E-state index in [-0.39, 0.29) is 5.82 Å². The summed E-state index contributed by atoms with van der Waals surface area (Å²) < 4.78 is 56.7. The second kappa shape index (κ2) is 7.06. The van der Waals surface area contributed by atoms with E-state index in [9.17, 15) is 23.1 Å². The summed E-state index contributed by atoms with van der Waals surface area (Å²) in [6.07, 6.45) is 1.29. The molecule has 2 aromatic rings. The maximum absolute atomic E-state index is 14.0. The number of hydrogen-bond acceptors (Lipinski definition) is 7. The number of nitrogens with zero attached hydrogens (tertiary/aromatic N) is 3. The largest absolute Gasteiger partial charge is 0.503 e. The van der Waals surface area contributed by atoms with Gasteiger partial charge in [0, 0.05) is 32.6 Å². The van der Waals surface area contributed by atoms with E-state index in [1.54, 1.807) is 0 Å². The van der Waals surface area contributed by atoms with Gasteiger partial charge in [-0.05, 0) is 6.07 Å². The second-order valence-electron chi connectivity index (χ2n) is 6.68. The van der Waals surface area contributed by atoms with Crippen LogP contribution in [0.5, 0.6) is 5.75 Å². The van der Waals surface area contributed by atoms with Crippen LogP contribution in [0.2, 0.25) is 0 Å². The van der Waals surface area contributed by atoms with Gasteiger partial charge in [-0.25, -0.2) is 8.78 Å². The van der Waals surface area contributed by atoms with Gasteiger partial charge in [0.1, 0.15) is 0 Å². The van der Waals surface area contributed by atoms with Crippen molar-refractivity contribution in [3.05, 3.63) is 29.3 Å². The van der Waals surface area contributed by atoms with Crippen molar-refractivity contribution in [1.82, 2.24) is 15.0 Å². The van der Waals surface area contributed by atoms with E-state index in [0.717, 1.165) is 0 Å². The zero-order chi connectivity index (χ0) is 19.9. The zero-order valence-electron chi connectivity index (χ0n) is 14.6. The maximum Gasteiger partial charge on any atom is 0.295 e. The van der Waals surface area contributed by atoms with Crippen molar-refractivity contribution in [3.8, 4) is 17.2 Å². The molecule has 0 bridgehead atoms. The highest BCUT2D eigenvalue weighted by molar-refractivity contribution is 5.90. The molecule has 2 aliphatic heterocycles. The first-order chi connectivity index (χ1) is 13.4. The summed E-state index contributed by atoms with van der Waals surface area (Å²) in [6.45, 7) is 2.04. The number of hydrogen-bond donors (Lipinski definition) is 1. The molecule has 1 spiro atoms. The number of benzene rings is 1. The van der Waals surface area contributed by atoms with Gasteiger partial charge in [0.15, 0.2) is 17.4 Å². The molecule has 8 nitrogen and oxygen atoms in total. The number of rotatable bonds is 2. The molecule has 2 saturated heterocycles. The van der Waals surface area contributed by atoms with Gasteiger partial charge in [0.05, 0.1) is 24.3 Å². The molecule has 3 heterocycles. The second-order valence-corrected chi connectivity index (χ2v) is 6.68. The Bertz CT molecular complexity index is 908. The number of amides is 1. The van der Waals surface area contributed by atoms with Crippen LogP contribution in [-0.4, -0.2) is 64.6 Å². The summed E-state index contributed by atoms with van der Waals surface area (Å²) >= 11 is 0. The lowest BCUT2D eigenvalue weighted by atomic mass is 9.92. The first-order valence-electron chi connectivity index (χ1n) is 8.62. The predicted octanol–water partition coefficient (Wildman–Crippen LogP) is 1.88. The number of aromatic hydroxyl groups is 1. The molecule has 2 aliphatic rings. The van der Waals surface area contributed by atoms with Crippen molar-refractivity contribution < 1.29 is 37.1 Å². The van der Waals surface area contributed by atoms with Crippen LogP contribution < -0.4 is 0 Å². The Balaban J connectivity index is 1.57. The minimum atomic E-state index is -1.73. The van der Waals surface area contributed by atoms with E-state index >= 15 is 0 Å². The lowest BCUT2D eigenvalue weighted by molar-refractivity contribution is -0.146. The standard InChI is InChI=1S/C17H16F3N3O5/c18-10-7-9(11(19)13(24)12(10)20)15-21-14(22-28-15)16(25)23-3-6-27-17(8-23)1-4-26-5-2-17/h7,24H,1-6,8H2. The molecule has 1 amide bonds. The molecule has 2 fully saturated rings. The summed E-state index contributed by atoms with van der Waals surface area (Å²) in [4.78, 5) is 18.0. The van der Waals surface area contributed by atoms with Crippen molar-refractivity contribution in [2.24, 2.45) is 0 Å². The molecule has 0 radical (unpaired) electrons. The third kappa shape index (κ3) is 3.20. The summed E-state index contributed by atoms with van der Waals surface area (Å²) in [5.41, 5.74) is -1.14. The summed E-state index contributed by atoms with van der Waals surface area (Å²) in [5.74, 6) is -7.66. The fraction of sp³-hybridized carbons (Fsp3) is 0.471. The third-order valence-corrected chi connectivity index (χ3v) is 4.92. The van der Waals surface area contributed by atoms with E-state index in [1.807, 2.05) is 0 Å². The lowest BCUT2D eigenvalue weighted by Crippen LogP contribution is -2.56. The van der Waals surface area contributed by atoms with Crippen molar-refractivity contribution in [2.75, 3.05) is 32.9 Å². The fourth-order valence-electron chi connectivity index (χ4n) is 3.37. The molecule has 0 atom stereocenters. The smallest absolute Gasteiger partial charge is 0.295 e. The van der Waals surface area contributed by atoms with E-state index in [2.05, 4.69) is 10.1 Å². The first kappa shape index (κ1) is 18.7. The van der Waals surface area contributed by atoms with Gasteiger partial charge < -0.3 is 24.0 Å². The van der Waals surface area contributed by atoms with Crippen LogP contribution >= 0.6 is 0 Å². The van der Waals surface area contributed by atoms with Gasteiger partial charge in [-0.15, -0.1) is 0 Å². The molecule has 1 aromatic heterocycles. The lowest BCUT2D eigenvalue weighted by Gasteiger charge is -2.44. The average Bonchev–Trinajstić information content (AvgIpc) is 3.19. The topological polar surface area (TPSA) is 97.9 Å². The van der Waals surface area contributed by atoms with Crippen molar-refractivity contribution in [3.63, 3.8) is 0 Å². The molecular formula is C17H16F3N3O5. The highest BCUT2D eigenvalue weighted by Gasteiger charge is 2.40. The van der Waals surface area contributed by atoms with Crippen molar-refractivity contribution in [2.45, 2.75) is 18.4 Å². The molecule has 11 heteroatoms. The Morgan fingerprint density at radius 3 is 2.68 bits per heavy atom. The highest BCUT2D eigenvalue weighted by atomic mass is 19.2.